The second-order valence-electron chi connectivity index (χ2n) is 3.55. The monoisotopic (exact) mass is 228 g/mol. The van der Waals surface area contributed by atoms with E-state index in [0.29, 0.717) is 19.5 Å². The maximum absolute atomic E-state index is 11.6. The van der Waals surface area contributed by atoms with Gasteiger partial charge in [0, 0.05) is 25.4 Å². The minimum atomic E-state index is -0.0656. The molecule has 1 fully saturated rings. The molecule has 0 aromatic rings. The normalized spacial score (nSPS) is 19.8. The molecule has 0 aliphatic carbocycles. The first-order valence-electron chi connectivity index (χ1n) is 6.25. The van der Waals surface area contributed by atoms with Crippen molar-refractivity contribution in [3.05, 3.63) is 0 Å². The van der Waals surface area contributed by atoms with Crippen molar-refractivity contribution in [2.24, 2.45) is 5.92 Å². The van der Waals surface area contributed by atoms with Crippen LogP contribution in [0.4, 0.5) is 0 Å². The summed E-state index contributed by atoms with van der Waals surface area (Å²) in [4.78, 5) is 24.4. The first kappa shape index (κ1) is 15.1. The Morgan fingerprint density at radius 1 is 1.31 bits per heavy atom. The molecule has 1 N–H and O–H groups in total. The summed E-state index contributed by atoms with van der Waals surface area (Å²) in [6.45, 7) is 10.0. The van der Waals surface area contributed by atoms with E-state index in [9.17, 15) is 9.59 Å². The quantitative estimate of drug-likeness (QED) is 0.571. The second-order valence-corrected chi connectivity index (χ2v) is 3.55. The van der Waals surface area contributed by atoms with Gasteiger partial charge in [0.05, 0.1) is 0 Å². The number of hydrogen-bond donors (Lipinski definition) is 1. The summed E-state index contributed by atoms with van der Waals surface area (Å²) in [5.41, 5.74) is 0. The lowest BCUT2D eigenvalue weighted by molar-refractivity contribution is -0.139. The van der Waals surface area contributed by atoms with Gasteiger partial charge in [-0.25, -0.2) is 0 Å². The zero-order chi connectivity index (χ0) is 12.6. The van der Waals surface area contributed by atoms with Gasteiger partial charge in [0.15, 0.2) is 0 Å². The third-order valence-corrected chi connectivity index (χ3v) is 2.59. The summed E-state index contributed by atoms with van der Waals surface area (Å²) in [5.74, 6) is -0.0701. The highest BCUT2D eigenvalue weighted by Gasteiger charge is 2.36. The third-order valence-electron chi connectivity index (χ3n) is 2.59. The lowest BCUT2D eigenvalue weighted by atomic mass is 10.1. The van der Waals surface area contributed by atoms with Gasteiger partial charge in [0.2, 0.25) is 11.8 Å². The zero-order valence-electron chi connectivity index (χ0n) is 10.9. The maximum Gasteiger partial charge on any atom is 0.232 e. The Morgan fingerprint density at radius 3 is 2.38 bits per heavy atom. The van der Waals surface area contributed by atoms with Crippen LogP contribution in [0.2, 0.25) is 0 Å². The Hall–Kier alpha value is -0.900. The van der Waals surface area contributed by atoms with E-state index in [0.717, 1.165) is 13.0 Å². The fourth-order valence-electron chi connectivity index (χ4n) is 1.67. The molecule has 4 heteroatoms. The number of rotatable bonds is 5. The van der Waals surface area contributed by atoms with Gasteiger partial charge in [-0.15, -0.1) is 0 Å². The Balaban J connectivity index is 0.00000106. The van der Waals surface area contributed by atoms with E-state index in [1.54, 1.807) is 0 Å². The molecule has 1 aliphatic heterocycles. The number of carbonyl (C=O) groups is 2. The molecule has 1 unspecified atom stereocenters. The number of likely N-dealkylation sites (tertiary alicyclic amines) is 1. The predicted octanol–water partition coefficient (Wildman–Crippen LogP) is 1.41. The van der Waals surface area contributed by atoms with Gasteiger partial charge < -0.3 is 5.32 Å². The summed E-state index contributed by atoms with van der Waals surface area (Å²) >= 11 is 0. The van der Waals surface area contributed by atoms with Crippen LogP contribution in [-0.4, -0.2) is 36.3 Å². The number of carbonyl (C=O) groups excluding carboxylic acids is 2. The number of likely N-dealkylation sites (N-methyl/N-ethyl adjacent to an activating group) is 1. The molecule has 0 aromatic heterocycles. The van der Waals surface area contributed by atoms with Crippen LogP contribution in [0.5, 0.6) is 0 Å². The highest BCUT2D eigenvalue weighted by Crippen LogP contribution is 2.21. The van der Waals surface area contributed by atoms with Crippen molar-refractivity contribution in [1.82, 2.24) is 10.2 Å². The van der Waals surface area contributed by atoms with E-state index in [4.69, 9.17) is 0 Å². The second kappa shape index (κ2) is 8.28. The topological polar surface area (TPSA) is 49.4 Å². The van der Waals surface area contributed by atoms with E-state index in [1.807, 2.05) is 27.7 Å². The highest BCUT2D eigenvalue weighted by molar-refractivity contribution is 6.03. The van der Waals surface area contributed by atoms with E-state index in [1.165, 1.54) is 4.90 Å². The van der Waals surface area contributed by atoms with Crippen LogP contribution in [0.15, 0.2) is 0 Å². The average molecular weight is 228 g/mol. The molecule has 0 aromatic carbocycles. The lowest BCUT2D eigenvalue weighted by Gasteiger charge is -2.14. The molecule has 0 spiro atoms. The van der Waals surface area contributed by atoms with Gasteiger partial charge in [-0.3, -0.25) is 14.5 Å². The predicted molar refractivity (Wildman–Crippen MR) is 65.0 cm³/mol. The summed E-state index contributed by atoms with van der Waals surface area (Å²) < 4.78 is 0. The van der Waals surface area contributed by atoms with Crippen LogP contribution in [0.1, 0.15) is 40.5 Å². The molecule has 0 saturated carbocycles. The molecule has 1 atom stereocenters. The number of hydrogen-bond acceptors (Lipinski definition) is 3. The van der Waals surface area contributed by atoms with Crippen molar-refractivity contribution < 1.29 is 9.59 Å². The van der Waals surface area contributed by atoms with Gasteiger partial charge >= 0.3 is 0 Å². The van der Waals surface area contributed by atoms with Crippen LogP contribution in [0.25, 0.3) is 0 Å². The van der Waals surface area contributed by atoms with Gasteiger partial charge in [-0.2, -0.15) is 0 Å². The molecule has 94 valence electrons. The first-order valence-corrected chi connectivity index (χ1v) is 6.25. The van der Waals surface area contributed by atoms with E-state index < -0.39 is 0 Å². The Kier molecular flexibility index (Phi) is 7.81. The lowest BCUT2D eigenvalue weighted by Crippen LogP contribution is -2.36. The van der Waals surface area contributed by atoms with Crippen LogP contribution >= 0.6 is 0 Å². The SMILES string of the molecule is CC.CCNCCN1C(=O)CC(CC)C1=O. The standard InChI is InChI=1S/C10H18N2O2.C2H6/c1-3-8-7-9(13)12(10(8)14)6-5-11-4-2;1-2/h8,11H,3-7H2,1-2H3;1-2H3. The molecule has 1 heterocycles. The van der Waals surface area contributed by atoms with E-state index >= 15 is 0 Å². The minimum absolute atomic E-state index is 0.00963. The number of imide groups is 1. The van der Waals surface area contributed by atoms with Crippen molar-refractivity contribution in [3.63, 3.8) is 0 Å². The fraction of sp³-hybridized carbons (Fsp3) is 0.833. The molecule has 1 rings (SSSR count). The highest BCUT2D eigenvalue weighted by atomic mass is 16.2. The van der Waals surface area contributed by atoms with Gasteiger partial charge in [0.1, 0.15) is 0 Å². The third kappa shape index (κ3) is 3.93. The molecule has 1 saturated heterocycles. The van der Waals surface area contributed by atoms with Crippen molar-refractivity contribution in [2.75, 3.05) is 19.6 Å². The van der Waals surface area contributed by atoms with Gasteiger partial charge in [0.25, 0.3) is 0 Å². The van der Waals surface area contributed by atoms with Crippen LogP contribution in [0.3, 0.4) is 0 Å². The van der Waals surface area contributed by atoms with E-state index in [-0.39, 0.29) is 17.7 Å². The molecule has 4 nitrogen and oxygen atoms in total. The Labute approximate surface area is 98.4 Å². The summed E-state index contributed by atoms with van der Waals surface area (Å²) in [6.07, 6.45) is 1.17. The minimum Gasteiger partial charge on any atom is -0.315 e. The van der Waals surface area contributed by atoms with Crippen molar-refractivity contribution in [1.29, 1.82) is 0 Å². The average Bonchev–Trinajstić information content (AvgIpc) is 2.59. The number of nitrogens with one attached hydrogen (secondary N) is 1. The first-order chi connectivity index (χ1) is 7.70. The van der Waals surface area contributed by atoms with Crippen molar-refractivity contribution in [2.45, 2.75) is 40.5 Å². The summed E-state index contributed by atoms with van der Waals surface area (Å²) in [6, 6.07) is 0. The number of amides is 2. The Bertz CT molecular complexity index is 229. The van der Waals surface area contributed by atoms with Crippen molar-refractivity contribution >= 4 is 11.8 Å². The smallest absolute Gasteiger partial charge is 0.232 e. The zero-order valence-corrected chi connectivity index (χ0v) is 10.9. The molecular formula is C12H24N2O2. The van der Waals surface area contributed by atoms with Gasteiger partial charge in [-0.05, 0) is 13.0 Å². The molecule has 2 amide bonds. The Morgan fingerprint density at radius 2 is 1.94 bits per heavy atom. The molecule has 16 heavy (non-hydrogen) atoms. The van der Waals surface area contributed by atoms with Crippen molar-refractivity contribution in [3.8, 4) is 0 Å². The molecule has 1 aliphatic rings. The maximum atomic E-state index is 11.6. The summed E-state index contributed by atoms with van der Waals surface area (Å²) in [7, 11) is 0. The largest absolute Gasteiger partial charge is 0.315 e. The fourth-order valence-corrected chi connectivity index (χ4v) is 1.67. The van der Waals surface area contributed by atoms with Crippen LogP contribution in [-0.2, 0) is 9.59 Å². The van der Waals surface area contributed by atoms with Crippen LogP contribution in [0, 0.1) is 5.92 Å². The van der Waals surface area contributed by atoms with Gasteiger partial charge in [-0.1, -0.05) is 27.7 Å². The number of nitrogens with zero attached hydrogens (tertiary/aromatic N) is 1. The van der Waals surface area contributed by atoms with E-state index in [2.05, 4.69) is 5.32 Å². The molecule has 0 radical (unpaired) electrons. The molecular weight excluding hydrogens is 204 g/mol. The summed E-state index contributed by atoms with van der Waals surface area (Å²) in [5, 5.41) is 3.10. The van der Waals surface area contributed by atoms with Crippen LogP contribution < -0.4 is 5.32 Å². The molecule has 0 bridgehead atoms.